The molecule has 1 nitrogen and oxygen atoms in total. The van der Waals surface area contributed by atoms with E-state index in [1.165, 1.54) is 6.42 Å². The molecule has 0 aliphatic rings. The molecule has 0 saturated carbocycles. The third-order valence-electron chi connectivity index (χ3n) is 2.63. The Morgan fingerprint density at radius 2 is 1.85 bits per heavy atom. The first-order valence-electron chi connectivity index (χ1n) is 7.01. The molecule has 108 valence electrons. The molecule has 0 radical (unpaired) electrons. The van der Waals surface area contributed by atoms with E-state index in [0.717, 1.165) is 27.3 Å². The Morgan fingerprint density at radius 1 is 1.25 bits per heavy atom. The van der Waals surface area contributed by atoms with Gasteiger partial charge in [0.25, 0.3) is 0 Å². The Labute approximate surface area is 123 Å². The lowest BCUT2D eigenvalue weighted by Crippen LogP contribution is -2.26. The van der Waals surface area contributed by atoms with E-state index in [-0.39, 0.29) is 0 Å². The van der Waals surface area contributed by atoms with Crippen molar-refractivity contribution in [1.29, 1.82) is 0 Å². The highest BCUT2D eigenvalue weighted by molar-refractivity contribution is 5.55. The maximum absolute atomic E-state index is 5.82. The second kappa shape index (κ2) is 9.85. The molecule has 1 aromatic rings. The van der Waals surface area contributed by atoms with Crippen LogP contribution in [0.5, 0.6) is 0 Å². The van der Waals surface area contributed by atoms with Crippen molar-refractivity contribution < 1.29 is 0 Å². The number of benzene rings is 1. The third kappa shape index (κ3) is 6.24. The van der Waals surface area contributed by atoms with E-state index in [1.807, 2.05) is 56.4 Å². The molecule has 0 aromatic heterocycles. The fourth-order valence-electron chi connectivity index (χ4n) is 1.47. The molecule has 0 unspecified atom stereocenters. The van der Waals surface area contributed by atoms with Crippen LogP contribution in [0.1, 0.15) is 32.8 Å². The number of allylic oxidation sites excluding steroid dienone is 5. The molecule has 0 heterocycles. The van der Waals surface area contributed by atoms with E-state index in [1.54, 1.807) is 0 Å². The summed E-state index contributed by atoms with van der Waals surface area (Å²) in [5.74, 6) is 0. The highest BCUT2D eigenvalue weighted by atomic mass is 14.5. The smallest absolute Gasteiger partial charge is 0.0349 e. The molecular weight excluding hydrogens is 242 g/mol. The van der Waals surface area contributed by atoms with Crippen LogP contribution in [0.25, 0.3) is 12.7 Å². The summed E-state index contributed by atoms with van der Waals surface area (Å²) in [5, 5.41) is 2.03. The van der Waals surface area contributed by atoms with Crippen LogP contribution in [0.3, 0.4) is 0 Å². The second-order valence-electron chi connectivity index (χ2n) is 4.66. The largest absolute Gasteiger partial charge is 0.398 e. The predicted molar refractivity (Wildman–Crippen MR) is 93.9 cm³/mol. The van der Waals surface area contributed by atoms with E-state index in [0.29, 0.717) is 0 Å². The van der Waals surface area contributed by atoms with Gasteiger partial charge in [-0.2, -0.15) is 0 Å². The van der Waals surface area contributed by atoms with E-state index in [9.17, 15) is 0 Å². The molecule has 1 heteroatoms. The van der Waals surface area contributed by atoms with Gasteiger partial charge in [0.15, 0.2) is 0 Å². The van der Waals surface area contributed by atoms with Crippen molar-refractivity contribution in [3.63, 3.8) is 0 Å². The summed E-state index contributed by atoms with van der Waals surface area (Å²) in [6, 6.07) is 3.87. The van der Waals surface area contributed by atoms with E-state index in [4.69, 9.17) is 5.73 Å². The first-order chi connectivity index (χ1) is 9.47. The summed E-state index contributed by atoms with van der Waals surface area (Å²) in [6.45, 7) is 16.2. The molecule has 0 spiro atoms. The molecular formula is C19H27N. The molecule has 2 N–H and O–H groups in total. The fraction of sp³-hybridized carbons (Fsp3) is 0.263. The fourth-order valence-corrected chi connectivity index (χ4v) is 1.47. The van der Waals surface area contributed by atoms with Crippen LogP contribution in [0.4, 0.5) is 5.69 Å². The van der Waals surface area contributed by atoms with E-state index < -0.39 is 0 Å². The topological polar surface area (TPSA) is 26.0 Å². The maximum Gasteiger partial charge on any atom is 0.0349 e. The number of hydrogen-bond donors (Lipinski definition) is 1. The number of nitrogen functional groups attached to an aromatic ring is 1. The zero-order valence-electron chi connectivity index (χ0n) is 13.2. The van der Waals surface area contributed by atoms with Crippen molar-refractivity contribution in [2.24, 2.45) is 0 Å². The van der Waals surface area contributed by atoms with Crippen LogP contribution in [0, 0.1) is 6.92 Å². The van der Waals surface area contributed by atoms with Crippen molar-refractivity contribution in [2.45, 2.75) is 34.1 Å². The monoisotopic (exact) mass is 269 g/mol. The molecule has 1 aromatic carbocycles. The molecule has 0 aliphatic carbocycles. The number of nitrogens with two attached hydrogens (primary N) is 1. The van der Waals surface area contributed by atoms with Crippen molar-refractivity contribution in [3.05, 3.63) is 64.6 Å². The van der Waals surface area contributed by atoms with Gasteiger partial charge in [0.2, 0.25) is 0 Å². The average molecular weight is 269 g/mol. The minimum Gasteiger partial charge on any atom is -0.398 e. The van der Waals surface area contributed by atoms with Gasteiger partial charge in [0, 0.05) is 5.69 Å². The molecule has 0 fully saturated rings. The van der Waals surface area contributed by atoms with Gasteiger partial charge >= 0.3 is 0 Å². The van der Waals surface area contributed by atoms with Gasteiger partial charge in [-0.25, -0.2) is 0 Å². The zero-order valence-corrected chi connectivity index (χ0v) is 13.2. The lowest BCUT2D eigenvalue weighted by molar-refractivity contribution is 1.09. The molecule has 20 heavy (non-hydrogen) atoms. The minimum atomic E-state index is 0.780. The van der Waals surface area contributed by atoms with Crippen LogP contribution in [0.2, 0.25) is 0 Å². The summed E-state index contributed by atoms with van der Waals surface area (Å²) in [5.41, 5.74) is 8.57. The Kier molecular flexibility index (Phi) is 8.86. The summed E-state index contributed by atoms with van der Waals surface area (Å²) in [6.07, 6.45) is 11.1. The first-order valence-corrected chi connectivity index (χ1v) is 7.01. The van der Waals surface area contributed by atoms with Gasteiger partial charge in [-0.15, -0.1) is 0 Å². The molecule has 0 aliphatic heterocycles. The summed E-state index contributed by atoms with van der Waals surface area (Å²) in [4.78, 5) is 0. The molecule has 0 amide bonds. The number of hydrogen-bond acceptors (Lipinski definition) is 1. The Hall–Kier alpha value is -2.02. The average Bonchev–Trinajstić information content (AvgIpc) is 2.41. The van der Waals surface area contributed by atoms with Crippen LogP contribution < -0.4 is 16.2 Å². The van der Waals surface area contributed by atoms with Crippen LogP contribution in [-0.4, -0.2) is 0 Å². The molecule has 0 atom stereocenters. The third-order valence-corrected chi connectivity index (χ3v) is 2.63. The van der Waals surface area contributed by atoms with Crippen LogP contribution in [-0.2, 0) is 0 Å². The van der Waals surface area contributed by atoms with Gasteiger partial charge in [0.1, 0.15) is 0 Å². The summed E-state index contributed by atoms with van der Waals surface area (Å²) in [7, 11) is 0. The van der Waals surface area contributed by atoms with E-state index >= 15 is 0 Å². The zero-order chi connectivity index (χ0) is 15.5. The van der Waals surface area contributed by atoms with Crippen molar-refractivity contribution in [3.8, 4) is 0 Å². The summed E-state index contributed by atoms with van der Waals surface area (Å²) >= 11 is 0. The van der Waals surface area contributed by atoms with Crippen molar-refractivity contribution in [2.75, 3.05) is 5.73 Å². The van der Waals surface area contributed by atoms with Gasteiger partial charge in [-0.05, 0) is 47.6 Å². The van der Waals surface area contributed by atoms with Gasteiger partial charge in [-0.1, -0.05) is 63.8 Å². The first kappa shape index (κ1) is 18.0. The van der Waals surface area contributed by atoms with Crippen LogP contribution in [0.15, 0.2) is 48.6 Å². The lowest BCUT2D eigenvalue weighted by atomic mass is 10.1. The highest BCUT2D eigenvalue weighted by Gasteiger charge is 1.94. The lowest BCUT2D eigenvalue weighted by Gasteiger charge is -2.00. The highest BCUT2D eigenvalue weighted by Crippen LogP contribution is 2.01. The molecule has 0 bridgehead atoms. The quantitative estimate of drug-likeness (QED) is 0.654. The number of rotatable bonds is 3. The standard InChI is InChI=1S/C16H19N.C3H8/c1-5-6-7-8-12(2)11-15-9-10-16(17)14(4)13(15)3;1-3-2/h5-11H,2-3,17H2,1,4H3;3H2,1-2H3/b6-5+,8-7+,15-11-;. The van der Waals surface area contributed by atoms with E-state index in [2.05, 4.69) is 27.0 Å². The Bertz CT molecular complexity index is 589. The number of anilines is 1. The normalized spacial score (nSPS) is 11.7. The second-order valence-corrected chi connectivity index (χ2v) is 4.66. The van der Waals surface area contributed by atoms with Gasteiger partial charge in [0.05, 0.1) is 0 Å². The summed E-state index contributed by atoms with van der Waals surface area (Å²) < 4.78 is 0. The molecule has 1 rings (SSSR count). The van der Waals surface area contributed by atoms with Crippen molar-refractivity contribution in [1.82, 2.24) is 0 Å². The minimum absolute atomic E-state index is 0.780. The van der Waals surface area contributed by atoms with Crippen molar-refractivity contribution >= 4 is 18.3 Å². The van der Waals surface area contributed by atoms with Gasteiger partial charge in [-0.3, -0.25) is 0 Å². The maximum atomic E-state index is 5.82. The van der Waals surface area contributed by atoms with Gasteiger partial charge < -0.3 is 5.73 Å². The van der Waals surface area contributed by atoms with Crippen LogP contribution >= 0.6 is 0 Å². The SMILES string of the molecule is C=C(/C=c1/ccc(N)c(C)c1=C)/C=C/C=C/C.CCC. The predicted octanol–water partition coefficient (Wildman–Crippen LogP) is 3.87. The molecule has 0 saturated heterocycles. The Balaban J connectivity index is 0.00000110. The Morgan fingerprint density at radius 3 is 2.40 bits per heavy atom.